The van der Waals surface area contributed by atoms with Crippen molar-refractivity contribution >= 4 is 22.8 Å². The first-order valence-corrected chi connectivity index (χ1v) is 14.1. The third-order valence-corrected chi connectivity index (χ3v) is 7.87. The fraction of sp³-hybridized carbons (Fsp3) is 0.552. The van der Waals surface area contributed by atoms with Crippen LogP contribution >= 0.6 is 0 Å². The number of amides is 1. The number of piperidine rings is 2. The second kappa shape index (κ2) is 11.3. The molecule has 0 unspecified atom stereocenters. The van der Waals surface area contributed by atoms with Crippen LogP contribution in [0.5, 0.6) is 0 Å². The molecule has 212 valence electrons. The highest BCUT2D eigenvalue weighted by Crippen LogP contribution is 2.34. The van der Waals surface area contributed by atoms with E-state index in [9.17, 15) is 14.4 Å². The van der Waals surface area contributed by atoms with Crippen molar-refractivity contribution in [3.05, 3.63) is 49.7 Å². The molecule has 0 bridgehead atoms. The van der Waals surface area contributed by atoms with Crippen molar-refractivity contribution in [2.24, 2.45) is 12.8 Å². The van der Waals surface area contributed by atoms with Crippen LogP contribution in [0, 0.1) is 25.7 Å². The van der Waals surface area contributed by atoms with Gasteiger partial charge in [0.15, 0.2) is 0 Å². The molecule has 3 aromatic heterocycles. The van der Waals surface area contributed by atoms with E-state index in [0.717, 1.165) is 48.1 Å². The molecule has 3 aromatic rings. The first-order valence-electron chi connectivity index (χ1n) is 14.1. The van der Waals surface area contributed by atoms with E-state index in [1.165, 1.54) is 4.57 Å². The topological polar surface area (TPSA) is 124 Å². The number of carbonyl (C=O) groups excluding carboxylic acids is 1. The normalized spacial score (nSPS) is 17.7. The van der Waals surface area contributed by atoms with Crippen LogP contribution in [-0.2, 0) is 20.1 Å². The SMILES string of the molecule is CC#CCn1c(N2CCC[C@@H](N)C2)c(C(=O)N2CCCCC2)c2c1c(=O)n(Cc1nc(C)cc(C)n1)c(=O)n2C. The Morgan fingerprint density at radius 1 is 1.02 bits per heavy atom. The van der Waals surface area contributed by atoms with Crippen molar-refractivity contribution in [2.45, 2.75) is 72.0 Å². The van der Waals surface area contributed by atoms with Gasteiger partial charge in [0.1, 0.15) is 22.7 Å². The van der Waals surface area contributed by atoms with Gasteiger partial charge < -0.3 is 20.1 Å². The molecule has 2 aliphatic heterocycles. The van der Waals surface area contributed by atoms with E-state index in [1.54, 1.807) is 14.0 Å². The molecule has 2 N–H and O–H groups in total. The molecule has 5 heterocycles. The summed E-state index contributed by atoms with van der Waals surface area (Å²) in [5.74, 6) is 6.87. The van der Waals surface area contributed by atoms with Gasteiger partial charge in [0, 0.05) is 50.7 Å². The van der Waals surface area contributed by atoms with Gasteiger partial charge in [-0.15, -0.1) is 5.92 Å². The summed E-state index contributed by atoms with van der Waals surface area (Å²) in [5.41, 5.74) is 7.90. The van der Waals surface area contributed by atoms with E-state index in [-0.39, 0.29) is 30.6 Å². The fourth-order valence-electron chi connectivity index (χ4n) is 6.07. The molecule has 0 saturated carbocycles. The summed E-state index contributed by atoms with van der Waals surface area (Å²) >= 11 is 0. The van der Waals surface area contributed by atoms with Gasteiger partial charge >= 0.3 is 5.69 Å². The van der Waals surface area contributed by atoms with Crippen LogP contribution in [0.2, 0.25) is 0 Å². The summed E-state index contributed by atoms with van der Waals surface area (Å²) < 4.78 is 4.41. The molecule has 2 saturated heterocycles. The van der Waals surface area contributed by atoms with Crippen LogP contribution < -0.4 is 21.9 Å². The minimum Gasteiger partial charge on any atom is -0.356 e. The van der Waals surface area contributed by atoms with Crippen LogP contribution in [-0.4, -0.2) is 66.7 Å². The highest BCUT2D eigenvalue weighted by molar-refractivity contribution is 6.11. The summed E-state index contributed by atoms with van der Waals surface area (Å²) in [6, 6.07) is 1.79. The minimum atomic E-state index is -0.520. The Kier molecular flexibility index (Phi) is 7.81. The molecular formula is C29H38N8O3. The third-order valence-electron chi connectivity index (χ3n) is 7.87. The third kappa shape index (κ3) is 5.04. The van der Waals surface area contributed by atoms with Gasteiger partial charge in [-0.3, -0.25) is 18.7 Å². The number of nitrogens with two attached hydrogens (primary N) is 1. The lowest BCUT2D eigenvalue weighted by molar-refractivity contribution is 0.0726. The number of hydrogen-bond acceptors (Lipinski definition) is 7. The van der Waals surface area contributed by atoms with Crippen molar-refractivity contribution in [3.63, 3.8) is 0 Å². The zero-order valence-electron chi connectivity index (χ0n) is 23.9. The van der Waals surface area contributed by atoms with E-state index in [0.29, 0.717) is 48.9 Å². The van der Waals surface area contributed by atoms with Crippen LogP contribution in [0.25, 0.3) is 11.0 Å². The number of likely N-dealkylation sites (tertiary alicyclic amines) is 1. The molecule has 5 rings (SSSR count). The number of anilines is 1. The largest absolute Gasteiger partial charge is 0.356 e. The van der Waals surface area contributed by atoms with Crippen LogP contribution in [0.15, 0.2) is 15.7 Å². The summed E-state index contributed by atoms with van der Waals surface area (Å²) in [5, 5.41) is 0. The minimum absolute atomic E-state index is 0.0578. The Balaban J connectivity index is 1.82. The molecular weight excluding hydrogens is 508 g/mol. The predicted octanol–water partition coefficient (Wildman–Crippen LogP) is 1.53. The zero-order chi connectivity index (χ0) is 28.6. The number of aryl methyl sites for hydroxylation is 3. The number of carbonyl (C=O) groups is 1. The summed E-state index contributed by atoms with van der Waals surface area (Å²) in [6.45, 7) is 8.12. The number of fused-ring (bicyclic) bond motifs is 1. The molecule has 0 aliphatic carbocycles. The van der Waals surface area contributed by atoms with Crippen molar-refractivity contribution in [1.29, 1.82) is 0 Å². The van der Waals surface area contributed by atoms with Crippen LogP contribution in [0.3, 0.4) is 0 Å². The van der Waals surface area contributed by atoms with Gasteiger partial charge in [-0.05, 0) is 58.9 Å². The van der Waals surface area contributed by atoms with Crippen molar-refractivity contribution < 1.29 is 4.79 Å². The predicted molar refractivity (Wildman–Crippen MR) is 155 cm³/mol. The van der Waals surface area contributed by atoms with E-state index in [2.05, 4.69) is 26.7 Å². The van der Waals surface area contributed by atoms with Crippen molar-refractivity contribution in [3.8, 4) is 11.8 Å². The molecule has 0 spiro atoms. The molecule has 11 heteroatoms. The zero-order valence-corrected chi connectivity index (χ0v) is 23.9. The maximum absolute atomic E-state index is 14.2. The Labute approximate surface area is 233 Å². The van der Waals surface area contributed by atoms with Crippen molar-refractivity contribution in [2.75, 3.05) is 31.1 Å². The second-order valence-electron chi connectivity index (χ2n) is 10.9. The Morgan fingerprint density at radius 3 is 2.38 bits per heavy atom. The highest BCUT2D eigenvalue weighted by Gasteiger charge is 2.35. The lowest BCUT2D eigenvalue weighted by Gasteiger charge is -2.34. The number of hydrogen-bond donors (Lipinski definition) is 1. The average Bonchev–Trinajstić information content (AvgIpc) is 3.27. The number of nitrogens with zero attached hydrogens (tertiary/aromatic N) is 7. The van der Waals surface area contributed by atoms with E-state index < -0.39 is 11.2 Å². The first-order chi connectivity index (χ1) is 19.2. The second-order valence-corrected chi connectivity index (χ2v) is 10.9. The Hall–Kier alpha value is -3.91. The molecule has 0 aromatic carbocycles. The van der Waals surface area contributed by atoms with E-state index >= 15 is 0 Å². The Bertz CT molecular complexity index is 1610. The van der Waals surface area contributed by atoms with Crippen LogP contribution in [0.1, 0.15) is 66.6 Å². The highest BCUT2D eigenvalue weighted by atomic mass is 16.2. The molecule has 40 heavy (non-hydrogen) atoms. The van der Waals surface area contributed by atoms with Crippen molar-refractivity contribution in [1.82, 2.24) is 28.6 Å². The molecule has 11 nitrogen and oxygen atoms in total. The summed E-state index contributed by atoms with van der Waals surface area (Å²) in [4.78, 5) is 55.1. The summed E-state index contributed by atoms with van der Waals surface area (Å²) in [6.07, 6.45) is 4.69. The van der Waals surface area contributed by atoms with Gasteiger partial charge in [-0.2, -0.15) is 0 Å². The molecule has 1 amide bonds. The van der Waals surface area contributed by atoms with Gasteiger partial charge in [-0.25, -0.2) is 14.8 Å². The maximum Gasteiger partial charge on any atom is 0.331 e. The smallest absolute Gasteiger partial charge is 0.331 e. The average molecular weight is 547 g/mol. The van der Waals surface area contributed by atoms with E-state index in [4.69, 9.17) is 5.73 Å². The number of rotatable bonds is 5. The van der Waals surface area contributed by atoms with Crippen LogP contribution in [0.4, 0.5) is 5.82 Å². The quantitative estimate of drug-likeness (QED) is 0.482. The van der Waals surface area contributed by atoms with Gasteiger partial charge in [-0.1, -0.05) is 5.92 Å². The first kappa shape index (κ1) is 27.6. The lowest BCUT2D eigenvalue weighted by atomic mass is 10.1. The lowest BCUT2D eigenvalue weighted by Crippen LogP contribution is -2.45. The van der Waals surface area contributed by atoms with Gasteiger partial charge in [0.05, 0.1) is 18.6 Å². The molecule has 2 aliphatic rings. The number of aromatic nitrogens is 5. The van der Waals surface area contributed by atoms with E-state index in [1.807, 2.05) is 29.4 Å². The monoisotopic (exact) mass is 546 g/mol. The molecule has 2 fully saturated rings. The molecule has 0 radical (unpaired) electrons. The maximum atomic E-state index is 14.2. The van der Waals surface area contributed by atoms with Gasteiger partial charge in [0.25, 0.3) is 11.5 Å². The standard InChI is InChI=1S/C29H38N8O3/c1-5-6-15-36-25-24(33(4)29(40)37(28(25)39)18-22-31-19(2)16-20(3)32-22)23(27(38)34-12-8-7-9-13-34)26(36)35-14-10-11-21(30)17-35/h16,21H,7-15,17-18,30H2,1-4H3/t21-/m1/s1. The fourth-order valence-corrected chi connectivity index (χ4v) is 6.07. The van der Waals surface area contributed by atoms with Gasteiger partial charge in [0.2, 0.25) is 0 Å². The summed E-state index contributed by atoms with van der Waals surface area (Å²) in [7, 11) is 1.62. The molecule has 1 atom stereocenters. The Morgan fingerprint density at radius 2 is 1.73 bits per heavy atom.